The molecule has 7 heteroatoms. The van der Waals surface area contributed by atoms with Crippen molar-refractivity contribution >= 4 is 0 Å². The fraction of sp³-hybridized carbons (Fsp3) is 0.538. The van der Waals surface area contributed by atoms with E-state index in [1.54, 1.807) is 7.11 Å². The molecule has 0 aliphatic heterocycles. The van der Waals surface area contributed by atoms with Crippen LogP contribution in [0.25, 0.3) is 0 Å². The standard InChI is InChI=1S/C13H16F3NO3/c1-17-10-7-11(12(10)18-2)19-8-3-5-9(6-4-8)20-13(14,15)16/h3-6,10-12,17H,7H2,1-2H3. The summed E-state index contributed by atoms with van der Waals surface area (Å²) in [6, 6.07) is 5.57. The first kappa shape index (κ1) is 14.9. The molecular weight excluding hydrogens is 275 g/mol. The summed E-state index contributed by atoms with van der Waals surface area (Å²) in [5, 5.41) is 3.10. The molecule has 112 valence electrons. The van der Waals surface area contributed by atoms with E-state index in [9.17, 15) is 13.2 Å². The predicted molar refractivity (Wildman–Crippen MR) is 65.8 cm³/mol. The molecule has 1 fully saturated rings. The van der Waals surface area contributed by atoms with Crippen LogP contribution >= 0.6 is 0 Å². The van der Waals surface area contributed by atoms with Crippen molar-refractivity contribution in [3.8, 4) is 11.5 Å². The van der Waals surface area contributed by atoms with Gasteiger partial charge in [0.2, 0.25) is 0 Å². The summed E-state index contributed by atoms with van der Waals surface area (Å²) in [7, 11) is 3.45. The summed E-state index contributed by atoms with van der Waals surface area (Å²) in [6.07, 6.45) is -4.06. The number of halogens is 3. The van der Waals surface area contributed by atoms with Crippen molar-refractivity contribution in [1.29, 1.82) is 0 Å². The van der Waals surface area contributed by atoms with Gasteiger partial charge in [0.05, 0.1) is 0 Å². The molecule has 0 bridgehead atoms. The lowest BCUT2D eigenvalue weighted by atomic mass is 9.85. The van der Waals surface area contributed by atoms with Gasteiger partial charge in [-0.2, -0.15) is 0 Å². The lowest BCUT2D eigenvalue weighted by Crippen LogP contribution is -2.60. The van der Waals surface area contributed by atoms with Crippen LogP contribution in [-0.2, 0) is 4.74 Å². The van der Waals surface area contributed by atoms with Crippen molar-refractivity contribution in [2.24, 2.45) is 0 Å². The second-order valence-electron chi connectivity index (χ2n) is 4.51. The van der Waals surface area contributed by atoms with Crippen LogP contribution in [0.4, 0.5) is 13.2 Å². The van der Waals surface area contributed by atoms with Crippen molar-refractivity contribution in [3.05, 3.63) is 24.3 Å². The highest BCUT2D eigenvalue weighted by atomic mass is 19.4. The number of ether oxygens (including phenoxy) is 3. The van der Waals surface area contributed by atoms with E-state index in [1.165, 1.54) is 24.3 Å². The first-order valence-electron chi connectivity index (χ1n) is 6.15. The number of hydrogen-bond donors (Lipinski definition) is 1. The zero-order chi connectivity index (χ0) is 14.8. The van der Waals surface area contributed by atoms with E-state index < -0.39 is 6.36 Å². The van der Waals surface area contributed by atoms with Crippen LogP contribution in [0, 0.1) is 0 Å². The average Bonchev–Trinajstić information content (AvgIpc) is 2.34. The van der Waals surface area contributed by atoms with Gasteiger partial charge in [0.1, 0.15) is 23.7 Å². The highest BCUT2D eigenvalue weighted by Crippen LogP contribution is 2.30. The Hall–Kier alpha value is -1.47. The average molecular weight is 291 g/mol. The molecule has 0 aromatic heterocycles. The van der Waals surface area contributed by atoms with Crippen LogP contribution in [-0.4, -0.2) is 38.8 Å². The van der Waals surface area contributed by atoms with Gasteiger partial charge in [-0.15, -0.1) is 13.2 Å². The molecule has 3 unspecified atom stereocenters. The van der Waals surface area contributed by atoms with Gasteiger partial charge in [0.25, 0.3) is 0 Å². The third-order valence-corrected chi connectivity index (χ3v) is 3.24. The lowest BCUT2D eigenvalue weighted by molar-refractivity contribution is -0.274. The normalized spacial score (nSPS) is 25.9. The minimum Gasteiger partial charge on any atom is -0.488 e. The molecule has 1 saturated carbocycles. The summed E-state index contributed by atoms with van der Waals surface area (Å²) in [4.78, 5) is 0. The summed E-state index contributed by atoms with van der Waals surface area (Å²) in [5.41, 5.74) is 0. The summed E-state index contributed by atoms with van der Waals surface area (Å²) < 4.78 is 50.8. The molecule has 0 spiro atoms. The molecule has 1 aromatic carbocycles. The molecule has 0 radical (unpaired) electrons. The van der Waals surface area contributed by atoms with Gasteiger partial charge in [-0.25, -0.2) is 0 Å². The molecule has 0 amide bonds. The van der Waals surface area contributed by atoms with Crippen LogP contribution in [0.15, 0.2) is 24.3 Å². The zero-order valence-electron chi connectivity index (χ0n) is 11.1. The molecule has 3 atom stereocenters. The minimum atomic E-state index is -4.68. The number of methoxy groups -OCH3 is 1. The predicted octanol–water partition coefficient (Wildman–Crippen LogP) is 2.34. The highest BCUT2D eigenvalue weighted by molar-refractivity contribution is 5.31. The summed E-state index contributed by atoms with van der Waals surface area (Å²) >= 11 is 0. The van der Waals surface area contributed by atoms with Crippen molar-refractivity contribution in [3.63, 3.8) is 0 Å². The summed E-state index contributed by atoms with van der Waals surface area (Å²) in [6.45, 7) is 0. The SMILES string of the molecule is CNC1CC(Oc2ccc(OC(F)(F)F)cc2)C1OC. The number of likely N-dealkylation sites (N-methyl/N-ethyl adjacent to an activating group) is 1. The first-order valence-corrected chi connectivity index (χ1v) is 6.15. The topological polar surface area (TPSA) is 39.7 Å². The molecule has 0 saturated heterocycles. The number of rotatable bonds is 5. The molecule has 0 heterocycles. The van der Waals surface area contributed by atoms with Crippen molar-refractivity contribution in [2.75, 3.05) is 14.2 Å². The number of nitrogens with one attached hydrogen (secondary N) is 1. The molecular formula is C13H16F3NO3. The van der Waals surface area contributed by atoms with E-state index in [2.05, 4.69) is 10.1 Å². The monoisotopic (exact) mass is 291 g/mol. The van der Waals surface area contributed by atoms with Crippen molar-refractivity contribution in [1.82, 2.24) is 5.32 Å². The summed E-state index contributed by atoms with van der Waals surface area (Å²) in [5.74, 6) is 0.218. The Morgan fingerprint density at radius 2 is 1.75 bits per heavy atom. The Bertz CT molecular complexity index is 435. The Morgan fingerprint density at radius 1 is 1.15 bits per heavy atom. The van der Waals surface area contributed by atoms with Gasteiger partial charge in [-0.05, 0) is 31.3 Å². The minimum absolute atomic E-state index is 0.0638. The number of benzene rings is 1. The molecule has 1 aliphatic carbocycles. The maximum absolute atomic E-state index is 12.0. The Balaban J connectivity index is 1.91. The third-order valence-electron chi connectivity index (χ3n) is 3.24. The van der Waals surface area contributed by atoms with Crippen molar-refractivity contribution in [2.45, 2.75) is 31.0 Å². The Morgan fingerprint density at radius 3 is 2.25 bits per heavy atom. The zero-order valence-corrected chi connectivity index (χ0v) is 11.1. The molecule has 1 N–H and O–H groups in total. The van der Waals surface area contributed by atoms with Crippen LogP contribution < -0.4 is 14.8 Å². The van der Waals surface area contributed by atoms with E-state index in [-0.39, 0.29) is 24.0 Å². The quantitative estimate of drug-likeness (QED) is 0.904. The maximum atomic E-state index is 12.0. The smallest absolute Gasteiger partial charge is 0.488 e. The fourth-order valence-corrected chi connectivity index (χ4v) is 2.19. The van der Waals surface area contributed by atoms with Crippen molar-refractivity contribution < 1.29 is 27.4 Å². The van der Waals surface area contributed by atoms with E-state index in [1.807, 2.05) is 7.05 Å². The Kier molecular flexibility index (Phi) is 4.39. The lowest BCUT2D eigenvalue weighted by Gasteiger charge is -2.42. The van der Waals surface area contributed by atoms with Crippen LogP contribution in [0.2, 0.25) is 0 Å². The first-order chi connectivity index (χ1) is 9.43. The second-order valence-corrected chi connectivity index (χ2v) is 4.51. The van der Waals surface area contributed by atoms with Gasteiger partial charge in [-0.3, -0.25) is 0 Å². The van der Waals surface area contributed by atoms with E-state index in [4.69, 9.17) is 9.47 Å². The third kappa shape index (κ3) is 3.55. The number of hydrogen-bond acceptors (Lipinski definition) is 4. The van der Waals surface area contributed by atoms with E-state index in [0.717, 1.165) is 6.42 Å². The second kappa shape index (κ2) is 5.88. The van der Waals surface area contributed by atoms with E-state index >= 15 is 0 Å². The van der Waals surface area contributed by atoms with Crippen LogP contribution in [0.3, 0.4) is 0 Å². The molecule has 1 aliphatic rings. The number of alkyl halides is 3. The molecule has 4 nitrogen and oxygen atoms in total. The largest absolute Gasteiger partial charge is 0.573 e. The van der Waals surface area contributed by atoms with Gasteiger partial charge in [-0.1, -0.05) is 0 Å². The van der Waals surface area contributed by atoms with Gasteiger partial charge < -0.3 is 19.5 Å². The van der Waals surface area contributed by atoms with Crippen LogP contribution in [0.5, 0.6) is 11.5 Å². The van der Waals surface area contributed by atoms with Gasteiger partial charge in [0, 0.05) is 19.6 Å². The highest BCUT2D eigenvalue weighted by Gasteiger charge is 2.42. The van der Waals surface area contributed by atoms with Gasteiger partial charge in [0.15, 0.2) is 0 Å². The van der Waals surface area contributed by atoms with Crippen LogP contribution in [0.1, 0.15) is 6.42 Å². The maximum Gasteiger partial charge on any atom is 0.573 e. The van der Waals surface area contributed by atoms with E-state index in [0.29, 0.717) is 5.75 Å². The van der Waals surface area contributed by atoms with Gasteiger partial charge >= 0.3 is 6.36 Å². The molecule has 1 aromatic rings. The molecule has 2 rings (SSSR count). The molecule has 20 heavy (non-hydrogen) atoms. The Labute approximate surface area is 114 Å². The fourth-order valence-electron chi connectivity index (χ4n) is 2.19.